The minimum atomic E-state index is -0.132. The molecule has 5 rings (SSSR count). The summed E-state index contributed by atoms with van der Waals surface area (Å²) in [6.45, 7) is 3.48. The topological polar surface area (TPSA) is 58.4 Å². The number of imidazole rings is 1. The van der Waals surface area contributed by atoms with E-state index in [1.165, 1.54) is 37.7 Å². The number of aromatic nitrogens is 2. The Labute approximate surface area is 171 Å². The van der Waals surface area contributed by atoms with E-state index in [0.717, 1.165) is 29.4 Å². The normalized spacial score (nSPS) is 21.2. The van der Waals surface area contributed by atoms with Crippen molar-refractivity contribution in [3.63, 3.8) is 0 Å². The lowest BCUT2D eigenvalue weighted by molar-refractivity contribution is -0.138. The van der Waals surface area contributed by atoms with Gasteiger partial charge < -0.3 is 14.4 Å². The lowest BCUT2D eigenvalue weighted by atomic mass is 9.93. The highest BCUT2D eigenvalue weighted by Gasteiger charge is 2.34. The Morgan fingerprint density at radius 2 is 1.83 bits per heavy atom. The first-order valence-electron chi connectivity index (χ1n) is 11.1. The molecule has 3 aliphatic rings. The van der Waals surface area contributed by atoms with Crippen LogP contribution in [0.1, 0.15) is 72.6 Å². The number of piperazine rings is 1. The largest absolute Gasteiger partial charge is 0.336 e. The number of amides is 2. The Morgan fingerprint density at radius 1 is 1.07 bits per heavy atom. The van der Waals surface area contributed by atoms with Crippen molar-refractivity contribution in [2.45, 2.75) is 63.8 Å². The molecule has 2 heterocycles. The van der Waals surface area contributed by atoms with Gasteiger partial charge in [-0.15, -0.1) is 0 Å². The van der Waals surface area contributed by atoms with Crippen LogP contribution in [0.4, 0.5) is 0 Å². The number of hydrogen-bond donors (Lipinski definition) is 0. The Hall–Kier alpha value is -2.37. The van der Waals surface area contributed by atoms with Crippen LogP contribution < -0.4 is 0 Å². The first-order chi connectivity index (χ1) is 14.0. The molecule has 0 bridgehead atoms. The number of hydrogen-bond acceptors (Lipinski definition) is 3. The van der Waals surface area contributed by atoms with Crippen LogP contribution in [0.3, 0.4) is 0 Å². The van der Waals surface area contributed by atoms with Crippen molar-refractivity contribution in [3.8, 4) is 0 Å². The van der Waals surface area contributed by atoms with Gasteiger partial charge in [-0.2, -0.15) is 0 Å². The van der Waals surface area contributed by atoms with E-state index in [2.05, 4.69) is 24.0 Å². The molecule has 154 valence electrons. The molecule has 2 amide bonds. The molecule has 6 heteroatoms. The summed E-state index contributed by atoms with van der Waals surface area (Å²) < 4.78 is 1.91. The third kappa shape index (κ3) is 3.32. The van der Waals surface area contributed by atoms with Gasteiger partial charge in [-0.25, -0.2) is 4.98 Å². The fraction of sp³-hybridized carbons (Fsp3) is 0.609. The smallest absolute Gasteiger partial charge is 0.290 e. The number of nitrogens with zero attached hydrogens (tertiary/aromatic N) is 4. The van der Waals surface area contributed by atoms with Crippen LogP contribution in [0.15, 0.2) is 12.1 Å². The van der Waals surface area contributed by atoms with Gasteiger partial charge in [0.15, 0.2) is 5.82 Å². The summed E-state index contributed by atoms with van der Waals surface area (Å²) in [5.41, 5.74) is 4.39. The molecule has 0 N–H and O–H groups in total. The average molecular weight is 395 g/mol. The minimum absolute atomic E-state index is 0.0856. The molecule has 1 aliphatic heterocycles. The van der Waals surface area contributed by atoms with Gasteiger partial charge in [0.05, 0.1) is 11.0 Å². The van der Waals surface area contributed by atoms with Gasteiger partial charge >= 0.3 is 0 Å². The van der Waals surface area contributed by atoms with Crippen molar-refractivity contribution in [2.75, 3.05) is 19.6 Å². The van der Waals surface area contributed by atoms with Crippen molar-refractivity contribution in [2.24, 2.45) is 7.05 Å². The molecule has 2 aliphatic carbocycles. The molecule has 3 fully saturated rings. The maximum absolute atomic E-state index is 13.2. The van der Waals surface area contributed by atoms with Crippen molar-refractivity contribution in [3.05, 3.63) is 29.1 Å². The summed E-state index contributed by atoms with van der Waals surface area (Å²) in [6.07, 6.45) is 8.40. The zero-order chi connectivity index (χ0) is 20.1. The molecule has 2 saturated carbocycles. The molecular formula is C23H30N4O2. The van der Waals surface area contributed by atoms with Crippen LogP contribution in [0.2, 0.25) is 0 Å². The van der Waals surface area contributed by atoms with Gasteiger partial charge in [-0.1, -0.05) is 25.3 Å². The van der Waals surface area contributed by atoms with Gasteiger partial charge in [0.25, 0.3) is 5.91 Å². The summed E-state index contributed by atoms with van der Waals surface area (Å²) >= 11 is 0. The monoisotopic (exact) mass is 394 g/mol. The highest BCUT2D eigenvalue weighted by Crippen LogP contribution is 2.41. The fourth-order valence-corrected chi connectivity index (χ4v) is 5.11. The van der Waals surface area contributed by atoms with Crippen molar-refractivity contribution < 1.29 is 9.59 Å². The average Bonchev–Trinajstić information content (AvgIpc) is 3.52. The van der Waals surface area contributed by atoms with Crippen molar-refractivity contribution >= 4 is 22.8 Å². The zero-order valence-corrected chi connectivity index (χ0v) is 17.5. The number of aryl methyl sites for hydroxylation is 2. The summed E-state index contributed by atoms with van der Waals surface area (Å²) in [5.74, 6) is 1.06. The molecule has 1 saturated heterocycles. The third-order valence-electron chi connectivity index (χ3n) is 7.00. The SMILES string of the molecule is Cc1cc(C2CC2)cc2c1nc(C(=O)N1CCN(C3CCCCC3)C(=O)C1)n2C. The van der Waals surface area contributed by atoms with E-state index < -0.39 is 0 Å². The van der Waals surface area contributed by atoms with Crippen LogP contribution in [0, 0.1) is 6.92 Å². The maximum atomic E-state index is 13.2. The lowest BCUT2D eigenvalue weighted by Crippen LogP contribution is -2.56. The van der Waals surface area contributed by atoms with E-state index in [1.807, 2.05) is 16.5 Å². The molecule has 0 unspecified atom stereocenters. The first kappa shape index (κ1) is 18.6. The predicted octanol–water partition coefficient (Wildman–Crippen LogP) is 3.38. The van der Waals surface area contributed by atoms with Crippen LogP contribution in [0.5, 0.6) is 0 Å². The third-order valence-corrected chi connectivity index (χ3v) is 7.00. The molecule has 0 atom stereocenters. The zero-order valence-electron chi connectivity index (χ0n) is 17.5. The maximum Gasteiger partial charge on any atom is 0.290 e. The van der Waals surface area contributed by atoms with Gasteiger partial charge in [0, 0.05) is 26.2 Å². The Balaban J connectivity index is 1.37. The first-order valence-corrected chi connectivity index (χ1v) is 11.1. The van der Waals surface area contributed by atoms with Gasteiger partial charge in [0.1, 0.15) is 6.54 Å². The van der Waals surface area contributed by atoms with Crippen LogP contribution in [-0.4, -0.2) is 56.8 Å². The number of carbonyl (C=O) groups excluding carboxylic acids is 2. The van der Waals surface area contributed by atoms with E-state index in [-0.39, 0.29) is 18.4 Å². The molecule has 1 aromatic heterocycles. The lowest BCUT2D eigenvalue weighted by Gasteiger charge is -2.40. The van der Waals surface area contributed by atoms with Crippen molar-refractivity contribution in [1.82, 2.24) is 19.4 Å². The predicted molar refractivity (Wildman–Crippen MR) is 112 cm³/mol. The fourth-order valence-electron chi connectivity index (χ4n) is 5.11. The van der Waals surface area contributed by atoms with E-state index in [9.17, 15) is 9.59 Å². The molecule has 1 aromatic carbocycles. The highest BCUT2D eigenvalue weighted by molar-refractivity contribution is 5.98. The second kappa shape index (κ2) is 7.15. The Morgan fingerprint density at radius 3 is 2.52 bits per heavy atom. The molecule has 2 aromatic rings. The summed E-state index contributed by atoms with van der Waals surface area (Å²) in [7, 11) is 1.92. The standard InChI is InChI=1S/C23H30N4O2/c1-15-12-17(16-8-9-16)13-19-21(15)24-22(25(19)2)23(29)26-10-11-27(20(28)14-26)18-6-4-3-5-7-18/h12-13,16,18H,3-11,14H2,1-2H3. The van der Waals surface area contributed by atoms with Crippen molar-refractivity contribution in [1.29, 1.82) is 0 Å². The Bertz CT molecular complexity index is 969. The second-order valence-electron chi connectivity index (χ2n) is 9.08. The number of fused-ring (bicyclic) bond motifs is 1. The van der Waals surface area contributed by atoms with E-state index in [1.54, 1.807) is 4.90 Å². The van der Waals surface area contributed by atoms with E-state index in [0.29, 0.717) is 30.9 Å². The highest BCUT2D eigenvalue weighted by atomic mass is 16.2. The number of rotatable bonds is 3. The summed E-state index contributed by atoms with van der Waals surface area (Å²) in [4.78, 5) is 34.4. The van der Waals surface area contributed by atoms with Gasteiger partial charge in [-0.3, -0.25) is 9.59 Å². The Kier molecular flexibility index (Phi) is 4.60. The van der Waals surface area contributed by atoms with Crippen LogP contribution >= 0.6 is 0 Å². The quantitative estimate of drug-likeness (QED) is 0.802. The van der Waals surface area contributed by atoms with E-state index >= 15 is 0 Å². The van der Waals surface area contributed by atoms with Crippen LogP contribution in [0.25, 0.3) is 11.0 Å². The van der Waals surface area contributed by atoms with E-state index in [4.69, 9.17) is 0 Å². The van der Waals surface area contributed by atoms with Gasteiger partial charge in [0.2, 0.25) is 5.91 Å². The molecule has 0 spiro atoms. The summed E-state index contributed by atoms with van der Waals surface area (Å²) in [5, 5.41) is 0. The summed E-state index contributed by atoms with van der Waals surface area (Å²) in [6, 6.07) is 4.77. The molecular weight excluding hydrogens is 364 g/mol. The molecule has 0 radical (unpaired) electrons. The molecule has 29 heavy (non-hydrogen) atoms. The van der Waals surface area contributed by atoms with Gasteiger partial charge in [-0.05, 0) is 55.7 Å². The number of benzene rings is 1. The number of carbonyl (C=O) groups is 2. The second-order valence-corrected chi connectivity index (χ2v) is 9.08. The minimum Gasteiger partial charge on any atom is -0.336 e. The molecule has 6 nitrogen and oxygen atoms in total. The van der Waals surface area contributed by atoms with Crippen LogP contribution in [-0.2, 0) is 11.8 Å².